The van der Waals surface area contributed by atoms with Crippen LogP contribution in [0, 0.1) is 0 Å². The Morgan fingerprint density at radius 1 is 0.881 bits per heavy atom. The number of carbonyl (C=O) groups is 3. The molecule has 4 aromatic carbocycles. The molecule has 0 spiro atoms. The zero-order chi connectivity index (χ0) is 28.9. The molecule has 5 aromatic rings. The first-order valence-electron chi connectivity index (χ1n) is 13.3. The summed E-state index contributed by atoms with van der Waals surface area (Å²) in [6.45, 7) is -0.525. The van der Waals surface area contributed by atoms with Gasteiger partial charge in [-0.1, -0.05) is 72.8 Å². The minimum Gasteiger partial charge on any atom is -0.482 e. The third kappa shape index (κ3) is 5.88. The number of hydrogen-bond acceptors (Lipinski definition) is 6. The summed E-state index contributed by atoms with van der Waals surface area (Å²) in [6.07, 6.45) is 4.75. The van der Waals surface area contributed by atoms with E-state index in [0.717, 1.165) is 22.4 Å². The second kappa shape index (κ2) is 11.8. The molecule has 0 radical (unpaired) electrons. The smallest absolute Gasteiger partial charge is 0.331 e. The van der Waals surface area contributed by atoms with E-state index in [4.69, 9.17) is 14.6 Å². The molecule has 1 aromatic heterocycles. The summed E-state index contributed by atoms with van der Waals surface area (Å²) >= 11 is 0. The molecule has 0 unspecified atom stereocenters. The maximum atomic E-state index is 12.7. The number of esters is 1. The lowest BCUT2D eigenvalue weighted by molar-refractivity contribution is -0.136. The molecule has 6 rings (SSSR count). The first-order chi connectivity index (χ1) is 20.5. The second-order valence-electron chi connectivity index (χ2n) is 9.57. The molecule has 0 fully saturated rings. The number of aromatic nitrogens is 2. The molecule has 8 heteroatoms. The van der Waals surface area contributed by atoms with Crippen molar-refractivity contribution in [3.8, 4) is 33.8 Å². The van der Waals surface area contributed by atoms with Crippen molar-refractivity contribution in [1.29, 1.82) is 0 Å². The number of ketones is 1. The second-order valence-corrected chi connectivity index (χ2v) is 9.57. The van der Waals surface area contributed by atoms with Crippen LogP contribution in [-0.2, 0) is 14.3 Å². The summed E-state index contributed by atoms with van der Waals surface area (Å²) in [7, 11) is 0. The van der Waals surface area contributed by atoms with Gasteiger partial charge in [-0.15, -0.1) is 0 Å². The van der Waals surface area contributed by atoms with E-state index in [1.54, 1.807) is 22.9 Å². The van der Waals surface area contributed by atoms with Gasteiger partial charge in [-0.3, -0.25) is 9.59 Å². The van der Waals surface area contributed by atoms with Gasteiger partial charge in [0, 0.05) is 29.0 Å². The van der Waals surface area contributed by atoms with Crippen LogP contribution < -0.4 is 10.1 Å². The van der Waals surface area contributed by atoms with E-state index in [-0.39, 0.29) is 12.5 Å². The first-order valence-corrected chi connectivity index (χ1v) is 13.3. The van der Waals surface area contributed by atoms with Crippen molar-refractivity contribution >= 4 is 29.4 Å². The number of nitrogens with one attached hydrogen (secondary N) is 1. The van der Waals surface area contributed by atoms with Gasteiger partial charge in [0.15, 0.2) is 19.0 Å². The van der Waals surface area contributed by atoms with Crippen LogP contribution in [0.15, 0.2) is 115 Å². The van der Waals surface area contributed by atoms with Crippen molar-refractivity contribution in [2.45, 2.75) is 0 Å². The van der Waals surface area contributed by atoms with Crippen LogP contribution in [0.2, 0.25) is 0 Å². The normalized spacial score (nSPS) is 12.3. The van der Waals surface area contributed by atoms with Crippen LogP contribution in [0.1, 0.15) is 15.9 Å². The summed E-state index contributed by atoms with van der Waals surface area (Å²) in [4.78, 5) is 36.8. The highest BCUT2D eigenvalue weighted by atomic mass is 16.5. The fourth-order valence-electron chi connectivity index (χ4n) is 4.58. The highest BCUT2D eigenvalue weighted by Gasteiger charge is 2.18. The van der Waals surface area contributed by atoms with Crippen LogP contribution in [-0.4, -0.2) is 40.7 Å². The van der Waals surface area contributed by atoms with Crippen LogP contribution in [0.5, 0.6) is 5.75 Å². The number of carbonyl (C=O) groups excluding carboxylic acids is 3. The van der Waals surface area contributed by atoms with Crippen LogP contribution in [0.25, 0.3) is 34.1 Å². The summed E-state index contributed by atoms with van der Waals surface area (Å²) in [5, 5.41) is 7.46. The quantitative estimate of drug-likeness (QED) is 0.144. The van der Waals surface area contributed by atoms with E-state index in [0.29, 0.717) is 28.3 Å². The summed E-state index contributed by atoms with van der Waals surface area (Å²) in [5.74, 6) is -0.898. The Balaban J connectivity index is 1.19. The van der Waals surface area contributed by atoms with E-state index >= 15 is 0 Å². The number of nitrogens with zero attached hydrogens (tertiary/aromatic N) is 2. The Morgan fingerprint density at radius 2 is 1.57 bits per heavy atom. The Bertz CT molecular complexity index is 1790. The fraction of sp³-hybridized carbons (Fsp3) is 0.0588. The molecule has 206 valence electrons. The number of benzene rings is 4. The highest BCUT2D eigenvalue weighted by Crippen LogP contribution is 2.29. The number of hydrogen-bond donors (Lipinski definition) is 1. The van der Waals surface area contributed by atoms with Gasteiger partial charge < -0.3 is 14.8 Å². The van der Waals surface area contributed by atoms with E-state index in [1.165, 1.54) is 12.1 Å². The number of fused-ring (bicyclic) bond motifs is 1. The first kappa shape index (κ1) is 26.5. The predicted octanol–water partition coefficient (Wildman–Crippen LogP) is 5.98. The maximum absolute atomic E-state index is 12.7. The molecule has 1 amide bonds. The lowest BCUT2D eigenvalue weighted by Gasteiger charge is -2.18. The molecule has 1 aliphatic heterocycles. The molecule has 1 aliphatic rings. The molecule has 1 N–H and O–H groups in total. The van der Waals surface area contributed by atoms with Crippen molar-refractivity contribution in [3.05, 3.63) is 127 Å². The predicted molar refractivity (Wildman–Crippen MR) is 159 cm³/mol. The number of para-hydroxylation sites is 1. The van der Waals surface area contributed by atoms with Gasteiger partial charge >= 0.3 is 5.97 Å². The Kier molecular flexibility index (Phi) is 7.42. The van der Waals surface area contributed by atoms with Gasteiger partial charge in [0.1, 0.15) is 5.75 Å². The van der Waals surface area contributed by atoms with Gasteiger partial charge in [0.05, 0.1) is 17.1 Å². The number of amides is 1. The van der Waals surface area contributed by atoms with Crippen molar-refractivity contribution in [2.24, 2.45) is 0 Å². The molecule has 42 heavy (non-hydrogen) atoms. The zero-order valence-corrected chi connectivity index (χ0v) is 22.4. The fourth-order valence-corrected chi connectivity index (χ4v) is 4.58. The molecule has 0 saturated carbocycles. The largest absolute Gasteiger partial charge is 0.482 e. The number of anilines is 1. The monoisotopic (exact) mass is 555 g/mol. The molecule has 0 atom stereocenters. The third-order valence-electron chi connectivity index (χ3n) is 6.71. The Hall–Kier alpha value is -5.76. The zero-order valence-electron chi connectivity index (χ0n) is 22.4. The van der Waals surface area contributed by atoms with E-state index < -0.39 is 18.4 Å². The molecular formula is C34H25N3O5. The van der Waals surface area contributed by atoms with Gasteiger partial charge in [0.25, 0.3) is 5.91 Å². The minimum absolute atomic E-state index is 0.0742. The topological polar surface area (TPSA) is 99.5 Å². The SMILES string of the molecule is O=C1COc2ccc(C(=O)COC(=O)/C=C/c3cn(-c4ccccc4)nc3-c3ccc(-c4ccccc4)cc3)cc2N1. The average Bonchev–Trinajstić information content (AvgIpc) is 3.47. The van der Waals surface area contributed by atoms with Crippen molar-refractivity contribution in [3.63, 3.8) is 0 Å². The summed E-state index contributed by atoms with van der Waals surface area (Å²) in [5.41, 5.74) is 6.06. The summed E-state index contributed by atoms with van der Waals surface area (Å²) in [6, 6.07) is 32.5. The molecule has 8 nitrogen and oxygen atoms in total. The lowest BCUT2D eigenvalue weighted by Crippen LogP contribution is -2.25. The number of ether oxygens (including phenoxy) is 2. The van der Waals surface area contributed by atoms with Crippen molar-refractivity contribution in [1.82, 2.24) is 9.78 Å². The molecule has 0 saturated heterocycles. The minimum atomic E-state index is -0.671. The van der Waals surface area contributed by atoms with Crippen LogP contribution in [0.3, 0.4) is 0 Å². The van der Waals surface area contributed by atoms with Crippen LogP contribution in [0.4, 0.5) is 5.69 Å². The van der Waals surface area contributed by atoms with E-state index in [2.05, 4.69) is 17.4 Å². The Morgan fingerprint density at radius 3 is 2.33 bits per heavy atom. The van der Waals surface area contributed by atoms with Gasteiger partial charge in [-0.2, -0.15) is 5.10 Å². The van der Waals surface area contributed by atoms with Crippen molar-refractivity contribution < 1.29 is 23.9 Å². The molecule has 2 heterocycles. The van der Waals surface area contributed by atoms with Gasteiger partial charge in [-0.05, 0) is 47.5 Å². The number of Topliss-reactive ketones (excluding diaryl/α,β-unsaturated/α-hetero) is 1. The van der Waals surface area contributed by atoms with Gasteiger partial charge in [-0.25, -0.2) is 9.48 Å². The van der Waals surface area contributed by atoms with E-state index in [1.807, 2.05) is 79.0 Å². The summed E-state index contributed by atoms with van der Waals surface area (Å²) < 4.78 is 12.3. The van der Waals surface area contributed by atoms with Crippen LogP contribution >= 0.6 is 0 Å². The standard InChI is InChI=1S/C34H25N3O5/c38-30(26-15-17-31-29(19-26)35-32(39)22-41-31)21-42-33(40)18-16-27-20-37(28-9-5-2-6-10-28)36-34(27)25-13-11-24(12-14-25)23-7-3-1-4-8-23/h1-20H,21-22H2,(H,35,39)/b18-16+. The van der Waals surface area contributed by atoms with Crippen molar-refractivity contribution in [2.75, 3.05) is 18.5 Å². The lowest BCUT2D eigenvalue weighted by atomic mass is 10.0. The highest BCUT2D eigenvalue weighted by molar-refractivity contribution is 6.02. The van der Waals surface area contributed by atoms with E-state index in [9.17, 15) is 14.4 Å². The number of rotatable bonds is 8. The third-order valence-corrected chi connectivity index (χ3v) is 6.71. The van der Waals surface area contributed by atoms with Gasteiger partial charge in [0.2, 0.25) is 0 Å². The average molecular weight is 556 g/mol. The Labute approximate surface area is 241 Å². The molecule has 0 bridgehead atoms. The molecular weight excluding hydrogens is 530 g/mol. The molecule has 0 aliphatic carbocycles. The maximum Gasteiger partial charge on any atom is 0.331 e.